The van der Waals surface area contributed by atoms with Gasteiger partial charge in [0.25, 0.3) is 17.1 Å². The van der Waals surface area contributed by atoms with Crippen LogP contribution in [0.3, 0.4) is 0 Å². The average Bonchev–Trinajstić information content (AvgIpc) is 3.13. The maximum atomic E-state index is 12.8. The van der Waals surface area contributed by atoms with E-state index in [9.17, 15) is 19.2 Å². The molecule has 1 saturated heterocycles. The van der Waals surface area contributed by atoms with Crippen LogP contribution in [0, 0.1) is 13.8 Å². The van der Waals surface area contributed by atoms with Gasteiger partial charge in [-0.15, -0.1) is 0 Å². The van der Waals surface area contributed by atoms with Gasteiger partial charge in [-0.05, 0) is 92.9 Å². The molecule has 3 amide bonds. The third kappa shape index (κ3) is 7.61. The van der Waals surface area contributed by atoms with Gasteiger partial charge in [-0.3, -0.25) is 24.1 Å². The van der Waals surface area contributed by atoms with Crippen molar-refractivity contribution in [3.63, 3.8) is 0 Å². The predicted octanol–water partition coefficient (Wildman–Crippen LogP) is 5.10. The highest BCUT2D eigenvalue weighted by Crippen LogP contribution is 2.34. The summed E-state index contributed by atoms with van der Waals surface area (Å²) in [4.78, 5) is 50.6. The van der Waals surface area contributed by atoms with Gasteiger partial charge in [0.1, 0.15) is 6.54 Å². The number of nitrogens with one attached hydrogen (secondary N) is 1. The molecule has 0 aliphatic carbocycles. The molecular weight excluding hydrogens is 508 g/mol. The number of aryl methyl sites for hydroxylation is 2. The number of nitrogens with zero attached hydrogens (tertiary/aromatic N) is 1. The quantitative estimate of drug-likeness (QED) is 0.310. The molecule has 0 aromatic heterocycles. The van der Waals surface area contributed by atoms with Crippen LogP contribution in [0.2, 0.25) is 0 Å². The van der Waals surface area contributed by atoms with E-state index in [0.717, 1.165) is 27.8 Å². The fraction of sp³-hybridized carbons (Fsp3) is 0.357. The van der Waals surface area contributed by atoms with Crippen LogP contribution in [0.25, 0.3) is 6.08 Å². The molecule has 0 saturated carbocycles. The Morgan fingerprint density at radius 2 is 1.79 bits per heavy atom. The number of hydrogen-bond acceptors (Lipinski definition) is 8. The van der Waals surface area contributed by atoms with Gasteiger partial charge in [0.2, 0.25) is 0 Å². The SMILES string of the molecule is CCOc1cc(/C=C2/SC(=O)N(CC(=O)O[C@H](C)CC)C2=O)ccc1OCC(=O)Nc1ccc(C)c(C)c1. The minimum absolute atomic E-state index is 0.176. The van der Waals surface area contributed by atoms with Crippen molar-refractivity contribution >= 4 is 46.5 Å². The highest BCUT2D eigenvalue weighted by atomic mass is 32.2. The molecular formula is C28H32N2O7S. The number of hydrogen-bond donors (Lipinski definition) is 1. The second kappa shape index (κ2) is 13.1. The summed E-state index contributed by atoms with van der Waals surface area (Å²) in [5.41, 5.74) is 3.48. The molecule has 0 radical (unpaired) electrons. The molecule has 0 unspecified atom stereocenters. The third-order valence-corrected chi connectivity index (χ3v) is 6.69. The predicted molar refractivity (Wildman–Crippen MR) is 146 cm³/mol. The van der Waals surface area contributed by atoms with Crippen LogP contribution in [0.4, 0.5) is 10.5 Å². The molecule has 2 aromatic carbocycles. The average molecular weight is 541 g/mol. The fourth-order valence-corrected chi connectivity index (χ4v) is 4.26. The maximum absolute atomic E-state index is 12.8. The van der Waals surface area contributed by atoms with Crippen LogP contribution < -0.4 is 14.8 Å². The summed E-state index contributed by atoms with van der Waals surface area (Å²) >= 11 is 0.749. The summed E-state index contributed by atoms with van der Waals surface area (Å²) in [6.07, 6.45) is 1.88. The molecule has 1 N–H and O–H groups in total. The van der Waals surface area contributed by atoms with Crippen molar-refractivity contribution in [3.8, 4) is 11.5 Å². The number of rotatable bonds is 11. The summed E-state index contributed by atoms with van der Waals surface area (Å²) in [6, 6.07) is 10.6. The van der Waals surface area contributed by atoms with Crippen LogP contribution >= 0.6 is 11.8 Å². The van der Waals surface area contributed by atoms with Gasteiger partial charge >= 0.3 is 5.97 Å². The summed E-state index contributed by atoms with van der Waals surface area (Å²) in [5.74, 6) is -0.774. The van der Waals surface area contributed by atoms with Gasteiger partial charge in [0.15, 0.2) is 18.1 Å². The van der Waals surface area contributed by atoms with Crippen LogP contribution in [0.15, 0.2) is 41.3 Å². The first kappa shape index (κ1) is 28.8. The minimum Gasteiger partial charge on any atom is -0.490 e. The van der Waals surface area contributed by atoms with Crippen molar-refractivity contribution in [1.29, 1.82) is 0 Å². The van der Waals surface area contributed by atoms with Crippen molar-refractivity contribution in [3.05, 3.63) is 58.0 Å². The van der Waals surface area contributed by atoms with E-state index in [-0.39, 0.29) is 23.5 Å². The first-order chi connectivity index (χ1) is 18.1. The van der Waals surface area contributed by atoms with E-state index in [4.69, 9.17) is 14.2 Å². The van der Waals surface area contributed by atoms with Crippen molar-refractivity contribution in [2.45, 2.75) is 47.1 Å². The van der Waals surface area contributed by atoms with Crippen molar-refractivity contribution in [1.82, 2.24) is 4.90 Å². The number of anilines is 1. The van der Waals surface area contributed by atoms with E-state index in [0.29, 0.717) is 35.8 Å². The zero-order valence-electron chi connectivity index (χ0n) is 22.2. The molecule has 1 fully saturated rings. The zero-order valence-corrected chi connectivity index (χ0v) is 23.0. The second-order valence-corrected chi connectivity index (χ2v) is 9.74. The molecule has 202 valence electrons. The van der Waals surface area contributed by atoms with E-state index in [1.165, 1.54) is 0 Å². The number of ether oxygens (including phenoxy) is 3. The number of carbonyl (C=O) groups is 4. The highest BCUT2D eigenvalue weighted by molar-refractivity contribution is 8.18. The van der Waals surface area contributed by atoms with Crippen LogP contribution in [-0.2, 0) is 19.1 Å². The lowest BCUT2D eigenvalue weighted by Gasteiger charge is -2.15. The molecule has 0 bridgehead atoms. The Labute approximate surface area is 226 Å². The molecule has 1 aliphatic heterocycles. The van der Waals surface area contributed by atoms with Gasteiger partial charge in [-0.1, -0.05) is 19.1 Å². The number of carbonyl (C=O) groups excluding carboxylic acids is 4. The number of thioether (sulfide) groups is 1. The van der Waals surface area contributed by atoms with E-state index in [2.05, 4.69) is 5.32 Å². The minimum atomic E-state index is -0.635. The molecule has 38 heavy (non-hydrogen) atoms. The first-order valence-corrected chi connectivity index (χ1v) is 13.1. The standard InChI is InChI=1S/C28H32N2O7S/c1-6-19(5)37-26(32)15-30-27(33)24(38-28(30)34)14-20-9-11-22(23(13-20)35-7-2)36-16-25(31)29-21-10-8-17(3)18(4)12-21/h8-14,19H,6-7,15-16H2,1-5H3,(H,29,31)/b24-14+/t19-/m1/s1. The van der Waals surface area contributed by atoms with Crippen molar-refractivity contribution in [2.24, 2.45) is 0 Å². The normalized spacial score (nSPS) is 15.0. The van der Waals surface area contributed by atoms with E-state index < -0.39 is 23.7 Å². The van der Waals surface area contributed by atoms with Gasteiger partial charge in [0, 0.05) is 5.69 Å². The molecule has 0 spiro atoms. The number of benzene rings is 2. The van der Waals surface area contributed by atoms with E-state index in [1.807, 2.05) is 45.9 Å². The Hall–Kier alpha value is -3.79. The smallest absolute Gasteiger partial charge is 0.326 e. The molecule has 2 aromatic rings. The van der Waals surface area contributed by atoms with Crippen molar-refractivity contribution < 1.29 is 33.4 Å². The van der Waals surface area contributed by atoms with Gasteiger partial charge in [-0.25, -0.2) is 0 Å². The lowest BCUT2D eigenvalue weighted by Crippen LogP contribution is -2.35. The lowest BCUT2D eigenvalue weighted by atomic mass is 10.1. The molecule has 1 atom stereocenters. The van der Waals surface area contributed by atoms with Gasteiger partial charge < -0.3 is 19.5 Å². The number of imide groups is 1. The Morgan fingerprint density at radius 1 is 1.03 bits per heavy atom. The topological polar surface area (TPSA) is 111 Å². The monoisotopic (exact) mass is 540 g/mol. The third-order valence-electron chi connectivity index (χ3n) is 5.78. The maximum Gasteiger partial charge on any atom is 0.326 e. The number of esters is 1. The number of amides is 3. The molecule has 9 nitrogen and oxygen atoms in total. The highest BCUT2D eigenvalue weighted by Gasteiger charge is 2.37. The second-order valence-electron chi connectivity index (χ2n) is 8.75. The summed E-state index contributed by atoms with van der Waals surface area (Å²) in [6.45, 7) is 9.08. The molecule has 1 aliphatic rings. The van der Waals surface area contributed by atoms with E-state index in [1.54, 1.807) is 31.2 Å². The van der Waals surface area contributed by atoms with Crippen LogP contribution in [-0.4, -0.2) is 53.8 Å². The van der Waals surface area contributed by atoms with Crippen LogP contribution in [0.1, 0.15) is 43.9 Å². The summed E-state index contributed by atoms with van der Waals surface area (Å²) in [7, 11) is 0. The Balaban J connectivity index is 1.67. The largest absolute Gasteiger partial charge is 0.490 e. The lowest BCUT2D eigenvalue weighted by molar-refractivity contribution is -0.150. The van der Waals surface area contributed by atoms with Gasteiger partial charge in [-0.2, -0.15) is 0 Å². The van der Waals surface area contributed by atoms with Gasteiger partial charge in [0.05, 0.1) is 17.6 Å². The molecule has 10 heteroatoms. The zero-order chi connectivity index (χ0) is 27.8. The first-order valence-electron chi connectivity index (χ1n) is 12.3. The Bertz CT molecular complexity index is 1260. The van der Waals surface area contributed by atoms with Crippen LogP contribution in [0.5, 0.6) is 11.5 Å². The van der Waals surface area contributed by atoms with Crippen molar-refractivity contribution in [2.75, 3.05) is 25.1 Å². The Kier molecular flexibility index (Phi) is 9.95. The van der Waals surface area contributed by atoms with E-state index >= 15 is 0 Å². The summed E-state index contributed by atoms with van der Waals surface area (Å²) < 4.78 is 16.6. The fourth-order valence-electron chi connectivity index (χ4n) is 3.42. The molecule has 1 heterocycles. The summed E-state index contributed by atoms with van der Waals surface area (Å²) in [5, 5.41) is 2.27. The Morgan fingerprint density at radius 3 is 2.47 bits per heavy atom. The molecule has 3 rings (SSSR count).